The second-order valence-corrected chi connectivity index (χ2v) is 17.7. The molecule has 268 valence electrons. The molecule has 0 bridgehead atoms. The van der Waals surface area contributed by atoms with Gasteiger partial charge in [0, 0.05) is 28.0 Å². The van der Waals surface area contributed by atoms with E-state index in [0.29, 0.717) is 5.02 Å². The molecule has 0 N–H and O–H groups in total. The molecule has 0 spiro atoms. The predicted molar refractivity (Wildman–Crippen MR) is 230 cm³/mol. The number of nitrogens with zero attached hydrogens (tertiary/aromatic N) is 2. The van der Waals surface area contributed by atoms with Gasteiger partial charge in [0.05, 0.1) is 21.9 Å². The third-order valence-electron chi connectivity index (χ3n) is 10.4. The first-order chi connectivity index (χ1) is 25.1. The SMILES string of the molecule is CC(C)(C)c1ccc(N(c2ccc(C(C)(C)C)cc2)c2ccc3c(-c4ccccc4)c(-c4ccccc4)n(-c4ccc(C(C)(C)C)cc4)c3c2Cl)cc1. The van der Waals surface area contributed by atoms with E-state index in [4.69, 9.17) is 11.6 Å². The summed E-state index contributed by atoms with van der Waals surface area (Å²) in [7, 11) is 0. The average molecular weight is 715 g/mol. The molecule has 0 atom stereocenters. The molecule has 0 aliphatic carbocycles. The topological polar surface area (TPSA) is 8.17 Å². The average Bonchev–Trinajstić information content (AvgIpc) is 3.49. The van der Waals surface area contributed by atoms with Crippen LogP contribution in [0.1, 0.15) is 79.0 Å². The fourth-order valence-electron chi connectivity index (χ4n) is 7.28. The quantitative estimate of drug-likeness (QED) is 0.166. The fraction of sp³-hybridized carbons (Fsp3) is 0.240. The maximum absolute atomic E-state index is 7.90. The summed E-state index contributed by atoms with van der Waals surface area (Å²) in [6.45, 7) is 20.3. The van der Waals surface area contributed by atoms with Crippen molar-refractivity contribution in [2.45, 2.75) is 78.6 Å². The van der Waals surface area contributed by atoms with Crippen molar-refractivity contribution in [3.63, 3.8) is 0 Å². The Labute approximate surface area is 321 Å². The first-order valence-electron chi connectivity index (χ1n) is 18.7. The number of anilines is 3. The van der Waals surface area contributed by atoms with Crippen molar-refractivity contribution in [1.82, 2.24) is 4.57 Å². The monoisotopic (exact) mass is 714 g/mol. The third kappa shape index (κ3) is 7.06. The molecule has 1 heterocycles. The first-order valence-corrected chi connectivity index (χ1v) is 19.1. The van der Waals surface area contributed by atoms with Crippen LogP contribution < -0.4 is 4.90 Å². The highest BCUT2D eigenvalue weighted by Gasteiger charge is 2.27. The number of aromatic nitrogens is 1. The number of rotatable bonds is 6. The van der Waals surface area contributed by atoms with Gasteiger partial charge in [-0.05, 0) is 92.6 Å². The lowest BCUT2D eigenvalue weighted by molar-refractivity contribution is 0.590. The molecule has 0 saturated carbocycles. The van der Waals surface area contributed by atoms with Crippen LogP contribution in [0, 0.1) is 0 Å². The highest BCUT2D eigenvalue weighted by Crippen LogP contribution is 2.49. The first kappa shape index (κ1) is 36.3. The summed E-state index contributed by atoms with van der Waals surface area (Å²) in [4.78, 5) is 2.31. The summed E-state index contributed by atoms with van der Waals surface area (Å²) in [5.74, 6) is 0. The van der Waals surface area contributed by atoms with Gasteiger partial charge in [-0.3, -0.25) is 0 Å². The van der Waals surface area contributed by atoms with Gasteiger partial charge in [0.2, 0.25) is 0 Å². The van der Waals surface area contributed by atoms with Crippen LogP contribution in [0.5, 0.6) is 0 Å². The van der Waals surface area contributed by atoms with Gasteiger partial charge >= 0.3 is 0 Å². The zero-order chi connectivity index (χ0) is 37.7. The molecule has 0 aliphatic heterocycles. The largest absolute Gasteiger partial charge is 0.309 e. The predicted octanol–water partition coefficient (Wildman–Crippen LogP) is 15.0. The van der Waals surface area contributed by atoms with Crippen LogP contribution in [0.25, 0.3) is 39.0 Å². The van der Waals surface area contributed by atoms with Crippen molar-refractivity contribution in [3.05, 3.63) is 167 Å². The number of fused-ring (bicyclic) bond motifs is 1. The van der Waals surface area contributed by atoms with Gasteiger partial charge in [-0.2, -0.15) is 0 Å². The Balaban J connectivity index is 1.56. The van der Waals surface area contributed by atoms with E-state index < -0.39 is 0 Å². The van der Waals surface area contributed by atoms with E-state index in [9.17, 15) is 0 Å². The van der Waals surface area contributed by atoms with Gasteiger partial charge in [-0.25, -0.2) is 0 Å². The molecule has 7 aromatic rings. The van der Waals surface area contributed by atoms with Crippen LogP contribution in [0.2, 0.25) is 5.02 Å². The zero-order valence-electron chi connectivity index (χ0n) is 32.6. The lowest BCUT2D eigenvalue weighted by Gasteiger charge is -2.29. The minimum atomic E-state index is 0.0329. The molecule has 0 amide bonds. The van der Waals surface area contributed by atoms with E-state index in [1.165, 1.54) is 16.7 Å². The second kappa shape index (κ2) is 13.7. The molecule has 0 unspecified atom stereocenters. The number of benzene rings is 6. The van der Waals surface area contributed by atoms with E-state index in [-0.39, 0.29) is 16.2 Å². The summed E-state index contributed by atoms with van der Waals surface area (Å²) < 4.78 is 2.38. The molecule has 0 saturated heterocycles. The van der Waals surface area contributed by atoms with Gasteiger partial charge in [-0.15, -0.1) is 0 Å². The number of halogens is 1. The molecule has 0 aliphatic rings. The molecule has 7 rings (SSSR count). The standard InChI is InChI=1S/C50H51ClN2/c1-48(2,3)36-20-26-39(27-21-36)52(40-28-22-37(23-29-40)49(4,5)6)43-33-32-42-44(34-16-12-10-13-17-34)46(35-18-14-11-15-19-35)53(47(42)45(43)51)41-30-24-38(25-31-41)50(7,8)9/h10-33H,1-9H3. The van der Waals surface area contributed by atoms with Crippen LogP contribution in [0.4, 0.5) is 17.1 Å². The minimum Gasteiger partial charge on any atom is -0.309 e. The molecule has 53 heavy (non-hydrogen) atoms. The van der Waals surface area contributed by atoms with E-state index in [2.05, 4.69) is 217 Å². The Bertz CT molecular complexity index is 2290. The lowest BCUT2D eigenvalue weighted by Crippen LogP contribution is -2.15. The highest BCUT2D eigenvalue weighted by atomic mass is 35.5. The smallest absolute Gasteiger partial charge is 0.0893 e. The van der Waals surface area contributed by atoms with Crippen molar-refractivity contribution < 1.29 is 0 Å². The summed E-state index contributed by atoms with van der Waals surface area (Å²) in [6, 6.07) is 52.8. The molecule has 0 fully saturated rings. The normalized spacial score (nSPS) is 12.3. The Kier molecular flexibility index (Phi) is 9.41. The Morgan fingerprint density at radius 3 is 1.30 bits per heavy atom. The Morgan fingerprint density at radius 2 is 0.868 bits per heavy atom. The highest BCUT2D eigenvalue weighted by molar-refractivity contribution is 6.39. The molecule has 0 radical (unpaired) electrons. The second-order valence-electron chi connectivity index (χ2n) is 17.3. The molecular weight excluding hydrogens is 664 g/mol. The van der Waals surface area contributed by atoms with Crippen molar-refractivity contribution >= 4 is 39.6 Å². The Morgan fingerprint density at radius 1 is 0.453 bits per heavy atom. The van der Waals surface area contributed by atoms with E-state index >= 15 is 0 Å². The van der Waals surface area contributed by atoms with Crippen molar-refractivity contribution in [3.8, 4) is 28.1 Å². The molecule has 2 nitrogen and oxygen atoms in total. The van der Waals surface area contributed by atoms with Crippen molar-refractivity contribution in [2.75, 3.05) is 4.90 Å². The summed E-state index contributed by atoms with van der Waals surface area (Å²) in [6.07, 6.45) is 0. The summed E-state index contributed by atoms with van der Waals surface area (Å²) in [5, 5.41) is 1.80. The van der Waals surface area contributed by atoms with Crippen LogP contribution in [0.3, 0.4) is 0 Å². The number of hydrogen-bond donors (Lipinski definition) is 0. The number of hydrogen-bond acceptors (Lipinski definition) is 1. The van der Waals surface area contributed by atoms with Crippen molar-refractivity contribution in [2.24, 2.45) is 0 Å². The summed E-state index contributed by atoms with van der Waals surface area (Å²) in [5.41, 5.74) is 13.6. The van der Waals surface area contributed by atoms with Gasteiger partial charge in [-0.1, -0.05) is 171 Å². The van der Waals surface area contributed by atoms with Crippen LogP contribution in [-0.2, 0) is 16.2 Å². The lowest BCUT2D eigenvalue weighted by atomic mass is 9.86. The van der Waals surface area contributed by atoms with E-state index in [1.54, 1.807) is 0 Å². The molecular formula is C50H51ClN2. The minimum absolute atomic E-state index is 0.0329. The van der Waals surface area contributed by atoms with Gasteiger partial charge in [0.25, 0.3) is 0 Å². The van der Waals surface area contributed by atoms with Crippen molar-refractivity contribution in [1.29, 1.82) is 0 Å². The third-order valence-corrected chi connectivity index (χ3v) is 10.7. The molecule has 3 heteroatoms. The van der Waals surface area contributed by atoms with Crippen LogP contribution >= 0.6 is 11.6 Å². The van der Waals surface area contributed by atoms with Gasteiger partial charge in [0.1, 0.15) is 0 Å². The van der Waals surface area contributed by atoms with Gasteiger partial charge < -0.3 is 9.47 Å². The fourth-order valence-corrected chi connectivity index (χ4v) is 7.62. The van der Waals surface area contributed by atoms with Crippen LogP contribution in [-0.4, -0.2) is 4.57 Å². The summed E-state index contributed by atoms with van der Waals surface area (Å²) >= 11 is 7.90. The Hall–Kier alpha value is -5.05. The van der Waals surface area contributed by atoms with E-state index in [1.807, 2.05) is 0 Å². The maximum Gasteiger partial charge on any atom is 0.0893 e. The molecule has 1 aromatic heterocycles. The zero-order valence-corrected chi connectivity index (χ0v) is 33.4. The maximum atomic E-state index is 7.90. The van der Waals surface area contributed by atoms with Gasteiger partial charge in [0.15, 0.2) is 0 Å². The van der Waals surface area contributed by atoms with Crippen LogP contribution in [0.15, 0.2) is 146 Å². The van der Waals surface area contributed by atoms with E-state index in [0.717, 1.165) is 56.0 Å². The molecule has 6 aromatic carbocycles.